The number of hydrogen-bond acceptors (Lipinski definition) is 2. The highest BCUT2D eigenvalue weighted by molar-refractivity contribution is 7.59. The number of carbonyl (C=O) groups excluding carboxylic acids is 1. The molecule has 1 spiro atoms. The molecule has 3 saturated carbocycles. The van der Waals surface area contributed by atoms with Crippen molar-refractivity contribution in [3.05, 3.63) is 35.4 Å². The Morgan fingerprint density at radius 1 is 1.00 bits per heavy atom. The number of aliphatic hydroxyl groups is 1. The molecule has 4 heteroatoms. The Labute approximate surface area is 163 Å². The smallest absolute Gasteiger partial charge is 0.225 e. The Morgan fingerprint density at radius 2 is 1.58 bits per heavy atom. The number of carbonyl (C=O) groups is 1. The second kappa shape index (κ2) is 6.27. The molecule has 0 unspecified atom stereocenters. The van der Waals surface area contributed by atoms with E-state index in [1.54, 1.807) is 0 Å². The van der Waals surface area contributed by atoms with Gasteiger partial charge in [-0.25, -0.2) is 0 Å². The van der Waals surface area contributed by atoms with Gasteiger partial charge >= 0.3 is 0 Å². The predicted molar refractivity (Wildman–Crippen MR) is 108 cm³/mol. The first-order chi connectivity index (χ1) is 11.9. The van der Waals surface area contributed by atoms with Crippen molar-refractivity contribution >= 4 is 19.4 Å². The molecule has 1 atom stereocenters. The molecule has 0 aromatic heterocycles. The highest BCUT2D eigenvalue weighted by atomic mass is 32.1. The first kappa shape index (κ1) is 18.4. The molecule has 0 bridgehead atoms. The molecular weight excluding hydrogens is 342 g/mol. The lowest BCUT2D eigenvalue weighted by Crippen LogP contribution is -2.61. The van der Waals surface area contributed by atoms with Gasteiger partial charge < -0.3 is 10.0 Å². The minimum absolute atomic E-state index is 0. The van der Waals surface area contributed by atoms with Gasteiger partial charge in [0.2, 0.25) is 5.91 Å². The third-order valence-corrected chi connectivity index (χ3v) is 7.24. The molecular formula is C22H31NO2S. The molecule has 3 nitrogen and oxygen atoms in total. The Hall–Kier alpha value is -1.00. The van der Waals surface area contributed by atoms with Crippen LogP contribution in [0.1, 0.15) is 74.8 Å². The average Bonchev–Trinajstić information content (AvgIpc) is 3.29. The van der Waals surface area contributed by atoms with Crippen LogP contribution in [0.15, 0.2) is 24.3 Å². The van der Waals surface area contributed by atoms with Crippen LogP contribution in [0.25, 0.3) is 0 Å². The van der Waals surface area contributed by atoms with Crippen molar-refractivity contribution in [2.45, 2.75) is 69.3 Å². The first-order valence-corrected chi connectivity index (χ1v) is 10.0. The molecule has 4 fully saturated rings. The van der Waals surface area contributed by atoms with Gasteiger partial charge in [0.1, 0.15) is 0 Å². The third kappa shape index (κ3) is 3.20. The molecule has 1 aliphatic heterocycles. The van der Waals surface area contributed by atoms with Crippen LogP contribution in [-0.4, -0.2) is 34.6 Å². The fourth-order valence-corrected chi connectivity index (χ4v) is 5.59. The van der Waals surface area contributed by atoms with Crippen molar-refractivity contribution in [1.82, 2.24) is 4.90 Å². The van der Waals surface area contributed by atoms with Gasteiger partial charge in [0.05, 0.1) is 5.60 Å². The van der Waals surface area contributed by atoms with E-state index < -0.39 is 5.60 Å². The van der Waals surface area contributed by atoms with E-state index in [4.69, 9.17) is 0 Å². The number of amides is 1. The monoisotopic (exact) mass is 373 g/mol. The standard InChI is InChI=1S/C22H29NO2.H2S/c1-21(25)10-19(11-21)20(24)23-13-22(14-23)9-8-18(12-22)17-6-4-16(5-7-17)15-2-3-15;/h4-7,15,18-19,25H,2-3,8-14H2,1H3;1H2/t18-,19?,21?;/m0./s1. The molecule has 1 aromatic carbocycles. The van der Waals surface area contributed by atoms with Crippen molar-refractivity contribution in [1.29, 1.82) is 0 Å². The lowest BCUT2D eigenvalue weighted by atomic mass is 9.69. The topological polar surface area (TPSA) is 40.5 Å². The van der Waals surface area contributed by atoms with Gasteiger partial charge in [-0.05, 0) is 74.8 Å². The van der Waals surface area contributed by atoms with E-state index in [0.717, 1.165) is 19.0 Å². The van der Waals surface area contributed by atoms with E-state index in [1.807, 2.05) is 6.92 Å². The average molecular weight is 374 g/mol. The molecule has 1 N–H and O–H groups in total. The Balaban J connectivity index is 0.00000168. The molecule has 1 aromatic rings. The normalized spacial score (nSPS) is 34.8. The van der Waals surface area contributed by atoms with Crippen LogP contribution < -0.4 is 0 Å². The van der Waals surface area contributed by atoms with Crippen LogP contribution in [0, 0.1) is 11.3 Å². The van der Waals surface area contributed by atoms with Crippen molar-refractivity contribution in [2.75, 3.05) is 13.1 Å². The molecule has 26 heavy (non-hydrogen) atoms. The fourth-order valence-electron chi connectivity index (χ4n) is 5.59. The van der Waals surface area contributed by atoms with Crippen molar-refractivity contribution in [3.63, 3.8) is 0 Å². The molecule has 1 saturated heterocycles. The van der Waals surface area contributed by atoms with E-state index in [2.05, 4.69) is 29.2 Å². The minimum Gasteiger partial charge on any atom is -0.390 e. The summed E-state index contributed by atoms with van der Waals surface area (Å²) in [4.78, 5) is 14.6. The van der Waals surface area contributed by atoms with Gasteiger partial charge in [0.15, 0.2) is 0 Å². The summed E-state index contributed by atoms with van der Waals surface area (Å²) in [5.41, 5.74) is 2.80. The maximum absolute atomic E-state index is 12.5. The maximum Gasteiger partial charge on any atom is 0.225 e. The number of nitrogens with zero attached hydrogens (tertiary/aromatic N) is 1. The van der Waals surface area contributed by atoms with Crippen LogP contribution in [0.4, 0.5) is 0 Å². The van der Waals surface area contributed by atoms with Gasteiger partial charge in [0.25, 0.3) is 0 Å². The summed E-state index contributed by atoms with van der Waals surface area (Å²) in [5, 5.41) is 9.86. The van der Waals surface area contributed by atoms with Crippen LogP contribution >= 0.6 is 13.5 Å². The highest BCUT2D eigenvalue weighted by Gasteiger charge is 2.53. The SMILES string of the molecule is CC1(O)CC(C(=O)N2CC3(CC[C@H](c4ccc(C5CC5)cc4)C3)C2)C1.S. The molecule has 4 aliphatic rings. The summed E-state index contributed by atoms with van der Waals surface area (Å²) in [7, 11) is 0. The Bertz CT molecular complexity index is 681. The van der Waals surface area contributed by atoms with Crippen molar-refractivity contribution in [3.8, 4) is 0 Å². The van der Waals surface area contributed by atoms with Crippen LogP contribution in [0.5, 0.6) is 0 Å². The lowest BCUT2D eigenvalue weighted by Gasteiger charge is -2.52. The third-order valence-electron chi connectivity index (χ3n) is 7.24. The summed E-state index contributed by atoms with van der Waals surface area (Å²) in [6.07, 6.45) is 7.79. The van der Waals surface area contributed by atoms with Crippen LogP contribution in [-0.2, 0) is 4.79 Å². The summed E-state index contributed by atoms with van der Waals surface area (Å²) in [6, 6.07) is 9.40. The summed E-state index contributed by atoms with van der Waals surface area (Å²) in [5.74, 6) is 1.87. The molecule has 1 amide bonds. The molecule has 1 heterocycles. The number of likely N-dealkylation sites (tertiary alicyclic amines) is 1. The molecule has 0 radical (unpaired) electrons. The van der Waals surface area contributed by atoms with E-state index in [0.29, 0.717) is 24.2 Å². The highest BCUT2D eigenvalue weighted by Crippen LogP contribution is 2.53. The number of benzene rings is 1. The fraction of sp³-hybridized carbons (Fsp3) is 0.682. The molecule has 142 valence electrons. The predicted octanol–water partition coefficient (Wildman–Crippen LogP) is 3.93. The van der Waals surface area contributed by atoms with Crippen molar-refractivity contribution < 1.29 is 9.90 Å². The quantitative estimate of drug-likeness (QED) is 0.872. The number of rotatable bonds is 3. The Kier molecular flexibility index (Phi) is 4.43. The zero-order chi connectivity index (χ0) is 17.2. The minimum atomic E-state index is -0.603. The lowest BCUT2D eigenvalue weighted by molar-refractivity contribution is -0.161. The summed E-state index contributed by atoms with van der Waals surface area (Å²) in [6.45, 7) is 3.73. The molecule has 3 aliphatic carbocycles. The molecule has 5 rings (SSSR count). The second-order valence-electron chi connectivity index (χ2n) is 9.68. The zero-order valence-corrected chi connectivity index (χ0v) is 16.7. The first-order valence-electron chi connectivity index (χ1n) is 10.0. The van der Waals surface area contributed by atoms with Gasteiger partial charge in [-0.1, -0.05) is 24.3 Å². The maximum atomic E-state index is 12.5. The van der Waals surface area contributed by atoms with Gasteiger partial charge in [0, 0.05) is 24.4 Å². The van der Waals surface area contributed by atoms with E-state index in [-0.39, 0.29) is 25.3 Å². The van der Waals surface area contributed by atoms with E-state index >= 15 is 0 Å². The van der Waals surface area contributed by atoms with E-state index in [9.17, 15) is 9.90 Å². The summed E-state index contributed by atoms with van der Waals surface area (Å²) >= 11 is 0. The summed E-state index contributed by atoms with van der Waals surface area (Å²) < 4.78 is 0. The van der Waals surface area contributed by atoms with Gasteiger partial charge in [-0.2, -0.15) is 13.5 Å². The van der Waals surface area contributed by atoms with Gasteiger partial charge in [-0.3, -0.25) is 4.79 Å². The van der Waals surface area contributed by atoms with Crippen LogP contribution in [0.3, 0.4) is 0 Å². The van der Waals surface area contributed by atoms with Gasteiger partial charge in [-0.15, -0.1) is 0 Å². The van der Waals surface area contributed by atoms with Crippen molar-refractivity contribution in [2.24, 2.45) is 11.3 Å². The van der Waals surface area contributed by atoms with Crippen LogP contribution in [0.2, 0.25) is 0 Å². The second-order valence-corrected chi connectivity index (χ2v) is 9.68. The zero-order valence-electron chi connectivity index (χ0n) is 15.7. The Morgan fingerprint density at radius 3 is 2.12 bits per heavy atom. The number of hydrogen-bond donors (Lipinski definition) is 1. The largest absolute Gasteiger partial charge is 0.390 e. The van der Waals surface area contributed by atoms with E-state index in [1.165, 1.54) is 43.2 Å².